The third kappa shape index (κ3) is 65.9. The number of esters is 9. The number of rotatable bonds is 19. The van der Waals surface area contributed by atoms with E-state index in [9.17, 15) is 62.3 Å². The van der Waals surface area contributed by atoms with E-state index in [0.29, 0.717) is 19.3 Å². The molecule has 1 heterocycles. The Balaban J connectivity index is -0.000000224. The van der Waals surface area contributed by atoms with Gasteiger partial charge in [0.2, 0.25) is 11.0 Å². The number of ether oxygens (including phenoxy) is 8. The highest BCUT2D eigenvalue weighted by Gasteiger charge is 2.18. The second-order valence-corrected chi connectivity index (χ2v) is 11.9. The van der Waals surface area contributed by atoms with Crippen LogP contribution in [0.25, 0.3) is 0 Å². The largest absolute Gasteiger partial charge is 0.481 e. The van der Waals surface area contributed by atoms with Crippen LogP contribution in [0.1, 0.15) is 87.0 Å². The minimum absolute atomic E-state index is 0.0804. The maximum atomic E-state index is 11.4. The van der Waals surface area contributed by atoms with Gasteiger partial charge in [0, 0.05) is 74.1 Å². The zero-order valence-electron chi connectivity index (χ0n) is 35.3. The van der Waals surface area contributed by atoms with Gasteiger partial charge >= 0.3 is 59.7 Å². The van der Waals surface area contributed by atoms with Crippen LogP contribution in [0.15, 0.2) is 0 Å². The first-order chi connectivity index (χ1) is 28.7. The zero-order chi connectivity index (χ0) is 49.2. The molecule has 1 rings (SSSR count). The highest BCUT2D eigenvalue weighted by Crippen LogP contribution is 2.06. The third-order valence-electron chi connectivity index (χ3n) is 5.19. The fraction of sp³-hybridized carbons (Fsp3) is 0.639. The molecule has 356 valence electrons. The molecule has 0 radical (unpaired) electrons. The smallest absolute Gasteiger partial charge is 0.313 e. The summed E-state index contributed by atoms with van der Waals surface area (Å²) < 4.78 is 36.1. The van der Waals surface area contributed by atoms with Crippen molar-refractivity contribution in [3.8, 4) is 0 Å². The van der Waals surface area contributed by atoms with E-state index >= 15 is 0 Å². The summed E-state index contributed by atoms with van der Waals surface area (Å²) >= 11 is 4.64. The van der Waals surface area contributed by atoms with Crippen molar-refractivity contribution < 1.29 is 121 Å². The van der Waals surface area contributed by atoms with Crippen molar-refractivity contribution in [2.75, 3.05) is 52.9 Å². The quantitative estimate of drug-likeness (QED) is 0.0521. The number of hydrogen-bond donors (Lipinski definition) is 4. The lowest BCUT2D eigenvalue weighted by atomic mass is 10.2. The van der Waals surface area contributed by atoms with Gasteiger partial charge in [-0.15, -0.1) is 0 Å². The number of halogens is 1. The molecule has 0 unspecified atom stereocenters. The Morgan fingerprint density at radius 1 is 0.581 bits per heavy atom. The van der Waals surface area contributed by atoms with Crippen molar-refractivity contribution in [2.45, 2.75) is 99.2 Å². The summed E-state index contributed by atoms with van der Waals surface area (Å²) in [6.07, 6.45) is -0.494. The lowest BCUT2D eigenvalue weighted by molar-refractivity contribution is -0.165. The average molecular weight is 923 g/mol. The number of aliphatic hydroxyl groups excluding tert-OH is 3. The fourth-order valence-electron chi connectivity index (χ4n) is 2.70. The molecule has 1 aliphatic rings. The number of ketones is 2. The van der Waals surface area contributed by atoms with Crippen LogP contribution >= 0.6 is 11.6 Å². The van der Waals surface area contributed by atoms with Gasteiger partial charge < -0.3 is 58.3 Å². The normalized spacial score (nSPS) is 10.7. The van der Waals surface area contributed by atoms with Gasteiger partial charge in [0.15, 0.2) is 25.1 Å². The number of hydrogen-bond acceptors (Lipinski definition) is 24. The minimum Gasteiger partial charge on any atom is -0.481 e. The predicted molar refractivity (Wildman–Crippen MR) is 203 cm³/mol. The molecule has 0 saturated carbocycles. The third-order valence-corrected chi connectivity index (χ3v) is 5.19. The van der Waals surface area contributed by atoms with E-state index in [1.54, 1.807) is 0 Å². The molecule has 0 aromatic rings. The molecule has 0 aromatic carbocycles. The molecule has 0 atom stereocenters. The Labute approximate surface area is 360 Å². The van der Waals surface area contributed by atoms with E-state index < -0.39 is 84.7 Å². The van der Waals surface area contributed by atoms with E-state index in [1.165, 1.54) is 48.5 Å². The number of aliphatic carboxylic acids is 1. The second-order valence-electron chi connectivity index (χ2n) is 11.3. The number of carbonyl (C=O) groups is 13. The first-order valence-corrected chi connectivity index (χ1v) is 18.1. The highest BCUT2D eigenvalue weighted by molar-refractivity contribution is 6.62. The van der Waals surface area contributed by atoms with Gasteiger partial charge in [0.05, 0.1) is 0 Å². The van der Waals surface area contributed by atoms with Crippen LogP contribution in [0.4, 0.5) is 0 Å². The summed E-state index contributed by atoms with van der Waals surface area (Å²) in [5, 5.41) is 32.7. The molecule has 0 aromatic heterocycles. The zero-order valence-corrected chi connectivity index (χ0v) is 36.1. The van der Waals surface area contributed by atoms with Crippen molar-refractivity contribution in [3.63, 3.8) is 0 Å². The molecule has 0 amide bonds. The number of carbonyl (C=O) groups excluding carboxylic acids is 12. The first kappa shape index (κ1) is 65.2. The molecule has 1 saturated heterocycles. The van der Waals surface area contributed by atoms with E-state index in [0.717, 1.165) is 0 Å². The van der Waals surface area contributed by atoms with Gasteiger partial charge in [-0.2, -0.15) is 0 Å². The maximum Gasteiger partial charge on any atom is 0.313 e. The van der Waals surface area contributed by atoms with Crippen LogP contribution in [0.2, 0.25) is 0 Å². The van der Waals surface area contributed by atoms with Crippen molar-refractivity contribution in [2.24, 2.45) is 0 Å². The molecule has 1 fully saturated rings. The molecule has 0 aliphatic carbocycles. The molecule has 0 spiro atoms. The van der Waals surface area contributed by atoms with Crippen molar-refractivity contribution in [1.29, 1.82) is 0 Å². The van der Waals surface area contributed by atoms with Crippen LogP contribution in [0.5, 0.6) is 0 Å². The van der Waals surface area contributed by atoms with Crippen LogP contribution in [0.3, 0.4) is 0 Å². The maximum absolute atomic E-state index is 11.4. The standard InChI is InChI=1S/C12H18O8.C7H12O5.C7H10O5.C5H6O3.C3H6O3.C2H3ClO/c1-8(13)18-6-10(7-19-9(2)14)20-12(17)5-3-4-11(15)16;2*1-5(8)11-3-7(10)4-12-6(2)9;6-4-2-1-3-5(7)8-4;4-1-3(6)2-5;1-2(3)4/h10H,3-7H2,1-2H3,(H,15,16);7,10H,3-4H2,1-2H3;3-4H2,1-2H3;1-3H2;4-5H,1-2H2;1H3. The SMILES string of the molecule is CC(=O)Cl.CC(=O)OCC(=O)COC(C)=O.CC(=O)OCC(COC(C)=O)OC(=O)CCCC(=O)O.CC(=O)OCC(O)COC(C)=O.O=C(CO)CO.O=C1CCCC(=O)O1. The van der Waals surface area contributed by atoms with Crippen molar-refractivity contribution >= 4 is 88.1 Å². The second kappa shape index (κ2) is 43.2. The molecule has 26 heteroatoms. The average Bonchev–Trinajstić information content (AvgIpc) is 3.15. The van der Waals surface area contributed by atoms with E-state index in [-0.39, 0.29) is 76.1 Å². The lowest BCUT2D eigenvalue weighted by Crippen LogP contribution is -2.30. The van der Waals surface area contributed by atoms with Crippen molar-refractivity contribution in [3.05, 3.63) is 0 Å². The molecular formula is C36H55ClO25. The van der Waals surface area contributed by atoms with Gasteiger partial charge in [0.1, 0.15) is 45.7 Å². The van der Waals surface area contributed by atoms with Gasteiger partial charge in [-0.25, -0.2) is 0 Å². The molecule has 4 N–H and O–H groups in total. The van der Waals surface area contributed by atoms with Gasteiger partial charge in [0.25, 0.3) is 0 Å². The molecular weight excluding hydrogens is 868 g/mol. The van der Waals surface area contributed by atoms with Crippen LogP contribution in [-0.4, -0.2) is 162 Å². The Bertz CT molecular complexity index is 1360. The van der Waals surface area contributed by atoms with Gasteiger partial charge in [-0.1, -0.05) is 0 Å². The molecule has 1 aliphatic heterocycles. The summed E-state index contributed by atoms with van der Waals surface area (Å²) in [7, 11) is 0. The first-order valence-electron chi connectivity index (χ1n) is 17.7. The molecule has 25 nitrogen and oxygen atoms in total. The monoisotopic (exact) mass is 922 g/mol. The topological polar surface area (TPSA) is 377 Å². The van der Waals surface area contributed by atoms with Crippen molar-refractivity contribution in [1.82, 2.24) is 0 Å². The summed E-state index contributed by atoms with van der Waals surface area (Å²) in [6, 6.07) is 0. The Morgan fingerprint density at radius 2 is 0.919 bits per heavy atom. The number of aliphatic hydroxyl groups is 3. The lowest BCUT2D eigenvalue weighted by Gasteiger charge is -2.17. The number of Topliss-reactive ketones (excluding diaryl/α,β-unsaturated/α-hetero) is 2. The van der Waals surface area contributed by atoms with Gasteiger partial charge in [-0.3, -0.25) is 62.3 Å². The number of cyclic esters (lactones) is 2. The van der Waals surface area contributed by atoms with E-state index in [1.807, 2.05) is 0 Å². The molecule has 62 heavy (non-hydrogen) atoms. The highest BCUT2D eigenvalue weighted by atomic mass is 35.5. The van der Waals surface area contributed by atoms with Gasteiger partial charge in [-0.05, 0) is 24.4 Å². The van der Waals surface area contributed by atoms with Crippen LogP contribution in [0, 0.1) is 0 Å². The van der Waals surface area contributed by atoms with Crippen LogP contribution < -0.4 is 0 Å². The fourth-order valence-corrected chi connectivity index (χ4v) is 2.70. The summed E-state index contributed by atoms with van der Waals surface area (Å²) in [4.78, 5) is 134. The van der Waals surface area contributed by atoms with E-state index in [2.05, 4.69) is 44.8 Å². The van der Waals surface area contributed by atoms with Crippen LogP contribution in [-0.2, 0) is 100 Å². The molecule has 0 bridgehead atoms. The summed E-state index contributed by atoms with van der Waals surface area (Å²) in [5.41, 5.74) is 0. The van der Waals surface area contributed by atoms with E-state index in [4.69, 9.17) is 25.2 Å². The predicted octanol–water partition coefficient (Wildman–Crippen LogP) is -1.01. The Hall–Kier alpha value is -5.92. The summed E-state index contributed by atoms with van der Waals surface area (Å²) in [5.74, 6) is -6.55. The Kier molecular flexibility index (Phi) is 45.4. The number of carboxylic acid groups (broad SMARTS) is 1. The Morgan fingerprint density at radius 3 is 1.18 bits per heavy atom. The number of carboxylic acids is 1. The summed E-state index contributed by atoms with van der Waals surface area (Å²) in [6.45, 7) is 5.97. The minimum atomic E-state index is -1.01.